The summed E-state index contributed by atoms with van der Waals surface area (Å²) in [5.41, 5.74) is 0.500. The maximum atomic E-state index is 12.9. The highest BCUT2D eigenvalue weighted by Gasteiger charge is 2.34. The second-order valence-corrected chi connectivity index (χ2v) is 7.04. The summed E-state index contributed by atoms with van der Waals surface area (Å²) >= 11 is 5.97. The number of fused-ring (bicyclic) bond motifs is 1. The van der Waals surface area contributed by atoms with E-state index in [4.69, 9.17) is 11.6 Å². The van der Waals surface area contributed by atoms with Gasteiger partial charge in [-0.05, 0) is 30.7 Å². The number of rotatable bonds is 3. The summed E-state index contributed by atoms with van der Waals surface area (Å²) < 4.78 is 38.7. The van der Waals surface area contributed by atoms with Gasteiger partial charge in [0, 0.05) is 31.4 Å². The smallest absolute Gasteiger partial charge is 0.353 e. The predicted molar refractivity (Wildman–Crippen MR) is 101 cm³/mol. The van der Waals surface area contributed by atoms with Crippen LogP contribution in [-0.2, 0) is 6.18 Å². The van der Waals surface area contributed by atoms with Crippen LogP contribution in [0.15, 0.2) is 36.7 Å². The van der Waals surface area contributed by atoms with Crippen LogP contribution in [-0.4, -0.2) is 46.1 Å². The lowest BCUT2D eigenvalue weighted by Crippen LogP contribution is -2.36. The molecule has 1 unspecified atom stereocenters. The number of benzene rings is 1. The van der Waals surface area contributed by atoms with E-state index in [9.17, 15) is 13.2 Å². The number of aromatic nitrogens is 4. The van der Waals surface area contributed by atoms with Gasteiger partial charge in [-0.1, -0.05) is 11.6 Å². The first-order chi connectivity index (χ1) is 13.3. The number of alkyl halides is 3. The van der Waals surface area contributed by atoms with Gasteiger partial charge in [-0.2, -0.15) is 13.2 Å². The molecule has 6 nitrogen and oxygen atoms in total. The maximum Gasteiger partial charge on any atom is 0.433 e. The largest absolute Gasteiger partial charge is 0.433 e. The zero-order valence-electron chi connectivity index (χ0n) is 14.9. The van der Waals surface area contributed by atoms with E-state index in [0.29, 0.717) is 23.6 Å². The first kappa shape index (κ1) is 18.7. The van der Waals surface area contributed by atoms with Crippen molar-refractivity contribution in [1.29, 1.82) is 0 Å². The van der Waals surface area contributed by atoms with Gasteiger partial charge in [-0.15, -0.1) is 0 Å². The van der Waals surface area contributed by atoms with Crippen LogP contribution in [0.25, 0.3) is 11.0 Å². The summed E-state index contributed by atoms with van der Waals surface area (Å²) in [7, 11) is 1.71. The lowest BCUT2D eigenvalue weighted by atomic mass is 10.2. The Balaban J connectivity index is 1.52. The van der Waals surface area contributed by atoms with E-state index in [1.54, 1.807) is 30.3 Å². The van der Waals surface area contributed by atoms with Crippen LogP contribution >= 0.6 is 11.6 Å². The molecule has 0 amide bonds. The molecule has 28 heavy (non-hydrogen) atoms. The average molecular weight is 409 g/mol. The highest BCUT2D eigenvalue weighted by Crippen LogP contribution is 2.29. The van der Waals surface area contributed by atoms with E-state index in [0.717, 1.165) is 30.0 Å². The number of hydrogen-bond acceptors (Lipinski definition) is 6. The predicted octanol–water partition coefficient (Wildman–Crippen LogP) is 3.81. The topological polar surface area (TPSA) is 58.0 Å². The first-order valence-electron chi connectivity index (χ1n) is 8.61. The number of anilines is 2. The molecule has 4 rings (SSSR count). The number of hydrogen-bond donors (Lipinski definition) is 0. The minimum atomic E-state index is -4.50. The molecule has 1 aliphatic heterocycles. The van der Waals surface area contributed by atoms with Crippen molar-refractivity contribution >= 4 is 34.4 Å². The molecule has 0 aliphatic carbocycles. The van der Waals surface area contributed by atoms with Crippen LogP contribution in [0.4, 0.5) is 24.9 Å². The molecule has 2 aromatic heterocycles. The molecule has 1 atom stereocenters. The molecule has 0 spiro atoms. The van der Waals surface area contributed by atoms with Gasteiger partial charge in [0.15, 0.2) is 0 Å². The van der Waals surface area contributed by atoms with Crippen LogP contribution < -0.4 is 9.80 Å². The third kappa shape index (κ3) is 3.66. The number of likely N-dealkylation sites (N-methyl/N-ethyl adjacent to an activating group) is 1. The summed E-state index contributed by atoms with van der Waals surface area (Å²) in [6, 6.07) is 6.15. The van der Waals surface area contributed by atoms with Gasteiger partial charge >= 0.3 is 6.18 Å². The van der Waals surface area contributed by atoms with Gasteiger partial charge in [-0.25, -0.2) is 15.0 Å². The fourth-order valence-corrected chi connectivity index (χ4v) is 3.40. The lowest BCUT2D eigenvalue weighted by molar-refractivity contribution is -0.141. The maximum absolute atomic E-state index is 12.9. The Kier molecular flexibility index (Phi) is 4.70. The van der Waals surface area contributed by atoms with Gasteiger partial charge in [0.05, 0.1) is 23.3 Å². The summed E-state index contributed by atoms with van der Waals surface area (Å²) in [4.78, 5) is 20.4. The summed E-state index contributed by atoms with van der Waals surface area (Å²) in [5.74, 6) is 0.775. The molecule has 146 valence electrons. The van der Waals surface area contributed by atoms with Crippen LogP contribution in [0.3, 0.4) is 0 Å². The summed E-state index contributed by atoms with van der Waals surface area (Å²) in [6.07, 6.45) is -0.934. The molecule has 0 bridgehead atoms. The minimum absolute atomic E-state index is 0.0359. The van der Waals surface area contributed by atoms with E-state index in [1.807, 2.05) is 6.07 Å². The van der Waals surface area contributed by atoms with Crippen LogP contribution in [0, 0.1) is 0 Å². The molecule has 0 N–H and O–H groups in total. The first-order valence-corrected chi connectivity index (χ1v) is 8.99. The molecule has 0 saturated carbocycles. The fraction of sp³-hybridized carbons (Fsp3) is 0.333. The molecule has 10 heteroatoms. The Morgan fingerprint density at radius 2 is 1.96 bits per heavy atom. The normalized spacial score (nSPS) is 17.3. The zero-order valence-corrected chi connectivity index (χ0v) is 15.6. The third-order valence-corrected chi connectivity index (χ3v) is 5.01. The standard InChI is InChI=1S/C18H16ClF3N6/c1-27(17-23-6-4-15(26-17)18(20,21)22)12-5-7-28(10-12)16-9-24-14-8-11(19)2-3-13(14)25-16/h2-4,6,8-9,12H,5,7,10H2,1H3. The van der Waals surface area contributed by atoms with Crippen molar-refractivity contribution in [2.75, 3.05) is 29.9 Å². The number of halogens is 4. The molecule has 1 aromatic carbocycles. The van der Waals surface area contributed by atoms with E-state index in [2.05, 4.69) is 24.8 Å². The Bertz CT molecular complexity index is 1010. The van der Waals surface area contributed by atoms with Crippen molar-refractivity contribution in [1.82, 2.24) is 19.9 Å². The summed E-state index contributed by atoms with van der Waals surface area (Å²) in [5, 5.41) is 0.596. The molecule has 3 heterocycles. The van der Waals surface area contributed by atoms with Crippen molar-refractivity contribution in [3.63, 3.8) is 0 Å². The minimum Gasteiger partial charge on any atom is -0.353 e. The molecule has 1 aliphatic rings. The Morgan fingerprint density at radius 3 is 2.75 bits per heavy atom. The third-order valence-electron chi connectivity index (χ3n) is 4.78. The monoisotopic (exact) mass is 408 g/mol. The number of nitrogens with zero attached hydrogens (tertiary/aromatic N) is 6. The SMILES string of the molecule is CN(c1nccc(C(F)(F)F)n1)C1CCN(c2cnc3cc(Cl)ccc3n2)C1. The van der Waals surface area contributed by atoms with Crippen LogP contribution in [0.5, 0.6) is 0 Å². The Hall–Kier alpha value is -2.68. The highest BCUT2D eigenvalue weighted by molar-refractivity contribution is 6.31. The Labute approximate surface area is 164 Å². The van der Waals surface area contributed by atoms with Gasteiger partial charge in [0.2, 0.25) is 5.95 Å². The van der Waals surface area contributed by atoms with Crippen molar-refractivity contribution in [2.24, 2.45) is 0 Å². The van der Waals surface area contributed by atoms with E-state index in [-0.39, 0.29) is 12.0 Å². The van der Waals surface area contributed by atoms with E-state index < -0.39 is 11.9 Å². The van der Waals surface area contributed by atoms with E-state index >= 15 is 0 Å². The van der Waals surface area contributed by atoms with Gasteiger partial charge in [0.25, 0.3) is 0 Å². The van der Waals surface area contributed by atoms with Gasteiger partial charge in [0.1, 0.15) is 11.5 Å². The fourth-order valence-electron chi connectivity index (χ4n) is 3.23. The Morgan fingerprint density at radius 1 is 1.14 bits per heavy atom. The zero-order chi connectivity index (χ0) is 19.9. The van der Waals surface area contributed by atoms with Gasteiger partial charge in [-0.3, -0.25) is 4.98 Å². The average Bonchev–Trinajstić information content (AvgIpc) is 3.16. The van der Waals surface area contributed by atoms with Crippen LogP contribution in [0.1, 0.15) is 12.1 Å². The van der Waals surface area contributed by atoms with E-state index in [1.165, 1.54) is 0 Å². The molecule has 0 radical (unpaired) electrons. The molecule has 1 fully saturated rings. The second kappa shape index (κ2) is 7.05. The lowest BCUT2D eigenvalue weighted by Gasteiger charge is -2.25. The van der Waals surface area contributed by atoms with Crippen molar-refractivity contribution in [2.45, 2.75) is 18.6 Å². The molecule has 3 aromatic rings. The highest BCUT2D eigenvalue weighted by atomic mass is 35.5. The van der Waals surface area contributed by atoms with Crippen molar-refractivity contribution in [3.8, 4) is 0 Å². The molecule has 1 saturated heterocycles. The summed E-state index contributed by atoms with van der Waals surface area (Å²) in [6.45, 7) is 1.30. The van der Waals surface area contributed by atoms with Crippen molar-refractivity contribution in [3.05, 3.63) is 47.4 Å². The van der Waals surface area contributed by atoms with Crippen molar-refractivity contribution < 1.29 is 13.2 Å². The molecular weight excluding hydrogens is 393 g/mol. The van der Waals surface area contributed by atoms with Gasteiger partial charge < -0.3 is 9.80 Å². The molecular formula is C18H16ClF3N6. The van der Waals surface area contributed by atoms with Crippen LogP contribution in [0.2, 0.25) is 5.02 Å². The quantitative estimate of drug-likeness (QED) is 0.657. The second-order valence-electron chi connectivity index (χ2n) is 6.60.